The van der Waals surface area contributed by atoms with E-state index in [0.29, 0.717) is 0 Å². The number of aromatic nitrogens is 2. The van der Waals surface area contributed by atoms with Gasteiger partial charge in [-0.2, -0.15) is 13.2 Å². The Morgan fingerprint density at radius 2 is 2.11 bits per heavy atom. The number of hydrogen-bond donors (Lipinski definition) is 3. The van der Waals surface area contributed by atoms with E-state index in [-0.39, 0.29) is 24.5 Å². The molecule has 0 bridgehead atoms. The summed E-state index contributed by atoms with van der Waals surface area (Å²) in [4.78, 5) is 19.0. The summed E-state index contributed by atoms with van der Waals surface area (Å²) in [5, 5.41) is 2.31. The molecule has 0 aliphatic rings. The standard InChI is InChI=1S/C9H12F3N5O/c10-9(11,12)2-1-3-15-8(18)6-4-14-5-7(16-6)17-13/h4-5H,1-3,13H2,(H,15,18)(H,16,17). The number of amides is 1. The predicted octanol–water partition coefficient (Wildman–Crippen LogP) is 0.835. The first-order chi connectivity index (χ1) is 8.42. The normalized spacial score (nSPS) is 11.1. The molecule has 9 heteroatoms. The molecule has 0 spiro atoms. The van der Waals surface area contributed by atoms with Crippen molar-refractivity contribution in [2.24, 2.45) is 5.84 Å². The number of rotatable bonds is 5. The van der Waals surface area contributed by atoms with Crippen LogP contribution in [0.25, 0.3) is 0 Å². The molecule has 0 atom stereocenters. The molecule has 0 aromatic carbocycles. The molecule has 1 rings (SSSR count). The van der Waals surface area contributed by atoms with Crippen molar-refractivity contribution in [2.45, 2.75) is 19.0 Å². The number of hydrogen-bond acceptors (Lipinski definition) is 5. The Morgan fingerprint density at radius 1 is 1.39 bits per heavy atom. The average molecular weight is 263 g/mol. The summed E-state index contributed by atoms with van der Waals surface area (Å²) in [5.41, 5.74) is 2.19. The van der Waals surface area contributed by atoms with Crippen LogP contribution in [0.2, 0.25) is 0 Å². The number of hydrazine groups is 1. The monoisotopic (exact) mass is 263 g/mol. The van der Waals surface area contributed by atoms with Gasteiger partial charge in [0.25, 0.3) is 5.91 Å². The van der Waals surface area contributed by atoms with Gasteiger partial charge in [-0.1, -0.05) is 0 Å². The summed E-state index contributed by atoms with van der Waals surface area (Å²) in [7, 11) is 0. The zero-order valence-electron chi connectivity index (χ0n) is 9.29. The zero-order chi connectivity index (χ0) is 13.6. The molecule has 18 heavy (non-hydrogen) atoms. The largest absolute Gasteiger partial charge is 0.389 e. The van der Waals surface area contributed by atoms with Gasteiger partial charge in [-0.05, 0) is 6.42 Å². The summed E-state index contributed by atoms with van der Waals surface area (Å²) in [6, 6.07) is 0. The molecule has 0 saturated carbocycles. The molecular formula is C9H12F3N5O. The minimum absolute atomic E-state index is 0.0162. The maximum Gasteiger partial charge on any atom is 0.389 e. The number of nitrogens with zero attached hydrogens (tertiary/aromatic N) is 2. The number of nitrogens with one attached hydrogen (secondary N) is 2. The Hall–Kier alpha value is -1.90. The van der Waals surface area contributed by atoms with Crippen molar-refractivity contribution in [1.29, 1.82) is 0 Å². The Morgan fingerprint density at radius 3 is 2.72 bits per heavy atom. The third kappa shape index (κ3) is 4.95. The van der Waals surface area contributed by atoms with E-state index < -0.39 is 18.5 Å². The molecule has 0 saturated heterocycles. The van der Waals surface area contributed by atoms with E-state index in [1.54, 1.807) is 0 Å². The first kappa shape index (κ1) is 14.2. The fourth-order valence-electron chi connectivity index (χ4n) is 1.13. The third-order valence-electron chi connectivity index (χ3n) is 1.94. The van der Waals surface area contributed by atoms with Gasteiger partial charge in [0.2, 0.25) is 0 Å². The van der Waals surface area contributed by atoms with Crippen LogP contribution >= 0.6 is 0 Å². The molecule has 100 valence electrons. The fourth-order valence-corrected chi connectivity index (χ4v) is 1.13. The summed E-state index contributed by atoms with van der Waals surface area (Å²) in [6.07, 6.45) is -2.84. The Bertz CT molecular complexity index is 409. The second-order valence-electron chi connectivity index (χ2n) is 3.41. The Balaban J connectivity index is 2.41. The predicted molar refractivity (Wildman–Crippen MR) is 57.5 cm³/mol. The van der Waals surface area contributed by atoms with Crippen LogP contribution < -0.4 is 16.6 Å². The SMILES string of the molecule is NNc1cncc(C(=O)NCCCC(F)(F)F)n1. The van der Waals surface area contributed by atoms with Crippen molar-refractivity contribution in [1.82, 2.24) is 15.3 Å². The van der Waals surface area contributed by atoms with Crippen LogP contribution in [0.15, 0.2) is 12.4 Å². The number of carbonyl (C=O) groups is 1. The number of carbonyl (C=O) groups excluding carboxylic acids is 1. The maximum atomic E-state index is 11.8. The summed E-state index contributed by atoms with van der Waals surface area (Å²) in [5.74, 6) is 4.68. The molecule has 1 heterocycles. The van der Waals surface area contributed by atoms with E-state index >= 15 is 0 Å². The van der Waals surface area contributed by atoms with E-state index in [1.807, 2.05) is 0 Å². The van der Waals surface area contributed by atoms with Gasteiger partial charge in [-0.15, -0.1) is 0 Å². The molecule has 4 N–H and O–H groups in total. The van der Waals surface area contributed by atoms with Gasteiger partial charge in [0, 0.05) is 13.0 Å². The molecule has 1 amide bonds. The third-order valence-corrected chi connectivity index (χ3v) is 1.94. The van der Waals surface area contributed by atoms with Crippen LogP contribution in [-0.2, 0) is 0 Å². The summed E-state index contributed by atoms with van der Waals surface area (Å²) >= 11 is 0. The highest BCUT2D eigenvalue weighted by atomic mass is 19.4. The minimum atomic E-state index is -4.21. The fraction of sp³-hybridized carbons (Fsp3) is 0.444. The molecule has 0 aliphatic heterocycles. The van der Waals surface area contributed by atoms with Crippen molar-refractivity contribution in [2.75, 3.05) is 12.0 Å². The molecule has 1 aromatic rings. The van der Waals surface area contributed by atoms with Gasteiger partial charge in [0.1, 0.15) is 5.69 Å². The highest BCUT2D eigenvalue weighted by molar-refractivity contribution is 5.92. The van der Waals surface area contributed by atoms with Crippen LogP contribution in [0, 0.1) is 0 Å². The van der Waals surface area contributed by atoms with Crippen LogP contribution in [0.4, 0.5) is 19.0 Å². The van der Waals surface area contributed by atoms with Gasteiger partial charge >= 0.3 is 6.18 Å². The van der Waals surface area contributed by atoms with E-state index in [1.165, 1.54) is 12.4 Å². The lowest BCUT2D eigenvalue weighted by molar-refractivity contribution is -0.135. The van der Waals surface area contributed by atoms with Gasteiger partial charge in [0.05, 0.1) is 12.4 Å². The maximum absolute atomic E-state index is 11.8. The number of nitrogens with two attached hydrogens (primary N) is 1. The first-order valence-electron chi connectivity index (χ1n) is 5.06. The molecule has 0 radical (unpaired) electrons. The lowest BCUT2D eigenvalue weighted by atomic mass is 10.3. The van der Waals surface area contributed by atoms with E-state index in [0.717, 1.165) is 0 Å². The number of nitrogen functional groups attached to an aromatic ring is 1. The summed E-state index contributed by atoms with van der Waals surface area (Å²) in [6.45, 7) is -0.0830. The van der Waals surface area contributed by atoms with Crippen molar-refractivity contribution < 1.29 is 18.0 Å². The topological polar surface area (TPSA) is 92.9 Å². The quantitative estimate of drug-likeness (QED) is 0.416. The van der Waals surface area contributed by atoms with Crippen LogP contribution in [-0.4, -0.2) is 28.6 Å². The highest BCUT2D eigenvalue weighted by Gasteiger charge is 2.26. The molecule has 6 nitrogen and oxygen atoms in total. The highest BCUT2D eigenvalue weighted by Crippen LogP contribution is 2.20. The molecule has 1 aromatic heterocycles. The number of halogens is 3. The number of anilines is 1. The van der Waals surface area contributed by atoms with Gasteiger partial charge in [-0.3, -0.25) is 9.78 Å². The zero-order valence-corrected chi connectivity index (χ0v) is 9.29. The van der Waals surface area contributed by atoms with E-state index in [9.17, 15) is 18.0 Å². The Kier molecular flexibility index (Phi) is 4.84. The van der Waals surface area contributed by atoms with E-state index in [2.05, 4.69) is 20.7 Å². The van der Waals surface area contributed by atoms with Crippen molar-refractivity contribution in [3.8, 4) is 0 Å². The Labute approximate surface area is 101 Å². The molecule has 0 aliphatic carbocycles. The molecular weight excluding hydrogens is 251 g/mol. The lowest BCUT2D eigenvalue weighted by Crippen LogP contribution is -2.27. The van der Waals surface area contributed by atoms with Crippen LogP contribution in [0.3, 0.4) is 0 Å². The van der Waals surface area contributed by atoms with Gasteiger partial charge < -0.3 is 10.7 Å². The number of alkyl halides is 3. The van der Waals surface area contributed by atoms with Crippen molar-refractivity contribution in [3.05, 3.63) is 18.1 Å². The second kappa shape index (κ2) is 6.15. The minimum Gasteiger partial charge on any atom is -0.351 e. The first-order valence-corrected chi connectivity index (χ1v) is 5.06. The molecule has 0 unspecified atom stereocenters. The van der Waals surface area contributed by atoms with Crippen molar-refractivity contribution in [3.63, 3.8) is 0 Å². The second-order valence-corrected chi connectivity index (χ2v) is 3.41. The van der Waals surface area contributed by atoms with Crippen LogP contribution in [0.5, 0.6) is 0 Å². The summed E-state index contributed by atoms with van der Waals surface area (Å²) < 4.78 is 35.5. The lowest BCUT2D eigenvalue weighted by Gasteiger charge is -2.07. The smallest absolute Gasteiger partial charge is 0.351 e. The van der Waals surface area contributed by atoms with E-state index in [4.69, 9.17) is 5.84 Å². The van der Waals surface area contributed by atoms with Gasteiger partial charge in [0.15, 0.2) is 5.82 Å². The van der Waals surface area contributed by atoms with Gasteiger partial charge in [-0.25, -0.2) is 10.8 Å². The average Bonchev–Trinajstić information content (AvgIpc) is 2.33. The van der Waals surface area contributed by atoms with Crippen molar-refractivity contribution >= 4 is 11.7 Å². The van der Waals surface area contributed by atoms with Crippen LogP contribution in [0.1, 0.15) is 23.3 Å². The molecule has 0 fully saturated rings.